The molecule has 68 valence electrons. The first-order valence-corrected chi connectivity index (χ1v) is 7.80. The summed E-state index contributed by atoms with van der Waals surface area (Å²) in [6.07, 6.45) is 5.45. The van der Waals surface area contributed by atoms with Crippen LogP contribution in [0.1, 0.15) is 39.5 Å². The first-order valence-electron chi connectivity index (χ1n) is 4.87. The lowest BCUT2D eigenvalue weighted by Gasteiger charge is -2.12. The molecule has 0 atom stereocenters. The molecule has 0 bridgehead atoms. The highest BCUT2D eigenvalue weighted by Crippen LogP contribution is 2.09. The molecule has 0 aliphatic rings. The Bertz CT molecular complexity index is 70.5. The Balaban J connectivity index is 3.25. The quantitative estimate of drug-likeness (QED) is 0.554. The van der Waals surface area contributed by atoms with Crippen molar-refractivity contribution in [3.05, 3.63) is 0 Å². The lowest BCUT2D eigenvalue weighted by molar-refractivity contribution is 0.607. The molecule has 0 radical (unpaired) electrons. The van der Waals surface area contributed by atoms with Gasteiger partial charge in [0.05, 0.1) is 0 Å². The standard InChI is InChI=1S/C8H22OSi2/c1-3-5-7-11(9-10)8-6-4-2/h11H,3-8H2,1-2,10H3. The van der Waals surface area contributed by atoms with E-state index < -0.39 is 9.04 Å². The van der Waals surface area contributed by atoms with E-state index in [9.17, 15) is 0 Å². The summed E-state index contributed by atoms with van der Waals surface area (Å²) in [5.74, 6) is 0. The molecule has 0 saturated carbocycles. The molecule has 0 fully saturated rings. The van der Waals surface area contributed by atoms with Crippen molar-refractivity contribution in [2.24, 2.45) is 0 Å². The van der Waals surface area contributed by atoms with Gasteiger partial charge in [0.2, 0.25) is 0 Å². The Hall–Kier alpha value is 0.394. The van der Waals surface area contributed by atoms with E-state index in [1.165, 1.54) is 37.8 Å². The molecule has 0 spiro atoms. The number of unbranched alkanes of at least 4 members (excludes halogenated alkanes) is 2. The zero-order valence-corrected chi connectivity index (χ0v) is 11.4. The van der Waals surface area contributed by atoms with Crippen molar-refractivity contribution in [3.8, 4) is 0 Å². The fraction of sp³-hybridized carbons (Fsp3) is 1.00. The van der Waals surface area contributed by atoms with Gasteiger partial charge in [-0.25, -0.2) is 0 Å². The Morgan fingerprint density at radius 2 is 1.55 bits per heavy atom. The van der Waals surface area contributed by atoms with E-state index in [-0.39, 0.29) is 0 Å². The lowest BCUT2D eigenvalue weighted by Crippen LogP contribution is -2.15. The van der Waals surface area contributed by atoms with Crippen LogP contribution in [0.4, 0.5) is 0 Å². The Kier molecular flexibility index (Phi) is 8.79. The maximum Gasteiger partial charge on any atom is 0.162 e. The average molecular weight is 190 g/mol. The molecular weight excluding hydrogens is 168 g/mol. The Labute approximate surface area is 75.8 Å². The molecule has 0 saturated heterocycles. The molecule has 0 aliphatic heterocycles. The third kappa shape index (κ3) is 6.78. The maximum absolute atomic E-state index is 5.63. The fourth-order valence-corrected chi connectivity index (χ4v) is 5.15. The van der Waals surface area contributed by atoms with Gasteiger partial charge in [-0.2, -0.15) is 0 Å². The van der Waals surface area contributed by atoms with Gasteiger partial charge in [-0.3, -0.25) is 0 Å². The summed E-state index contributed by atoms with van der Waals surface area (Å²) in [6, 6.07) is 2.83. The smallest absolute Gasteiger partial charge is 0.162 e. The van der Waals surface area contributed by atoms with Gasteiger partial charge < -0.3 is 4.12 Å². The highest BCUT2D eigenvalue weighted by atomic mass is 28.3. The minimum absolute atomic E-state index is 0.687. The van der Waals surface area contributed by atoms with Gasteiger partial charge in [0.25, 0.3) is 0 Å². The van der Waals surface area contributed by atoms with E-state index in [2.05, 4.69) is 13.8 Å². The van der Waals surface area contributed by atoms with E-state index >= 15 is 0 Å². The zero-order chi connectivity index (χ0) is 8.53. The van der Waals surface area contributed by atoms with Crippen LogP contribution in [-0.2, 0) is 4.12 Å². The highest BCUT2D eigenvalue weighted by molar-refractivity contribution is 6.55. The fourth-order valence-electron chi connectivity index (χ4n) is 1.24. The molecule has 0 aromatic rings. The number of rotatable bonds is 7. The predicted octanol–water partition coefficient (Wildman–Crippen LogP) is 1.61. The zero-order valence-electron chi connectivity index (χ0n) is 8.23. The van der Waals surface area contributed by atoms with Crippen molar-refractivity contribution in [3.63, 3.8) is 0 Å². The number of hydrogen-bond donors (Lipinski definition) is 0. The topological polar surface area (TPSA) is 9.23 Å². The van der Waals surface area contributed by atoms with Crippen LogP contribution in [0.2, 0.25) is 12.1 Å². The SMILES string of the molecule is CCCC[SiH](CCCC)O[SiH3]. The third-order valence-corrected chi connectivity index (χ3v) is 6.86. The molecule has 0 N–H and O–H groups in total. The molecule has 0 rings (SSSR count). The van der Waals surface area contributed by atoms with Crippen LogP contribution in [0.5, 0.6) is 0 Å². The van der Waals surface area contributed by atoms with E-state index in [1.807, 2.05) is 0 Å². The second kappa shape index (κ2) is 8.49. The van der Waals surface area contributed by atoms with Crippen LogP contribution in [0.15, 0.2) is 0 Å². The van der Waals surface area contributed by atoms with Crippen molar-refractivity contribution in [1.29, 1.82) is 0 Å². The van der Waals surface area contributed by atoms with Crippen LogP contribution >= 0.6 is 0 Å². The lowest BCUT2D eigenvalue weighted by atomic mass is 10.4. The second-order valence-electron chi connectivity index (χ2n) is 3.14. The van der Waals surface area contributed by atoms with Crippen LogP contribution in [0, 0.1) is 0 Å². The largest absolute Gasteiger partial charge is 0.465 e. The summed E-state index contributed by atoms with van der Waals surface area (Å²) in [7, 11) is 0.281. The normalized spacial score (nSPS) is 11.2. The monoisotopic (exact) mass is 190 g/mol. The summed E-state index contributed by atoms with van der Waals surface area (Å²) in [5, 5.41) is 0. The van der Waals surface area contributed by atoms with Crippen molar-refractivity contribution in [2.45, 2.75) is 51.6 Å². The van der Waals surface area contributed by atoms with Crippen LogP contribution in [0.25, 0.3) is 0 Å². The van der Waals surface area contributed by atoms with Gasteiger partial charge in [-0.15, -0.1) is 0 Å². The average Bonchev–Trinajstić information content (AvgIpc) is 2.05. The van der Waals surface area contributed by atoms with Crippen molar-refractivity contribution < 1.29 is 4.12 Å². The Morgan fingerprint density at radius 1 is 1.09 bits per heavy atom. The molecule has 0 heterocycles. The van der Waals surface area contributed by atoms with E-state index in [0.29, 0.717) is 0 Å². The minimum atomic E-state index is -0.687. The van der Waals surface area contributed by atoms with E-state index in [0.717, 1.165) is 10.5 Å². The van der Waals surface area contributed by atoms with Crippen molar-refractivity contribution >= 4 is 19.5 Å². The van der Waals surface area contributed by atoms with Crippen molar-refractivity contribution in [1.82, 2.24) is 0 Å². The van der Waals surface area contributed by atoms with Crippen LogP contribution in [-0.4, -0.2) is 19.5 Å². The minimum Gasteiger partial charge on any atom is -0.465 e. The second-order valence-corrected chi connectivity index (χ2v) is 7.43. The van der Waals surface area contributed by atoms with Gasteiger partial charge in [-0.05, 0) is 12.1 Å². The van der Waals surface area contributed by atoms with Gasteiger partial charge in [0, 0.05) is 0 Å². The first kappa shape index (κ1) is 11.4. The molecule has 3 heteroatoms. The molecule has 0 aliphatic carbocycles. The van der Waals surface area contributed by atoms with E-state index in [4.69, 9.17) is 4.12 Å². The van der Waals surface area contributed by atoms with E-state index in [1.54, 1.807) is 0 Å². The number of hydrogen-bond acceptors (Lipinski definition) is 1. The molecular formula is C8H22OSi2. The molecule has 11 heavy (non-hydrogen) atoms. The maximum atomic E-state index is 5.63. The van der Waals surface area contributed by atoms with Crippen LogP contribution < -0.4 is 0 Å². The molecule has 1 nitrogen and oxygen atoms in total. The molecule has 0 aromatic heterocycles. The molecule has 0 amide bonds. The Morgan fingerprint density at radius 3 is 1.82 bits per heavy atom. The van der Waals surface area contributed by atoms with Gasteiger partial charge in [-0.1, -0.05) is 39.5 Å². The van der Waals surface area contributed by atoms with Gasteiger partial charge in [0.1, 0.15) is 10.5 Å². The summed E-state index contributed by atoms with van der Waals surface area (Å²) in [4.78, 5) is 0. The predicted molar refractivity (Wildman–Crippen MR) is 57.6 cm³/mol. The van der Waals surface area contributed by atoms with Crippen LogP contribution in [0.3, 0.4) is 0 Å². The van der Waals surface area contributed by atoms with Gasteiger partial charge >= 0.3 is 0 Å². The summed E-state index contributed by atoms with van der Waals surface area (Å²) < 4.78 is 5.63. The third-order valence-electron chi connectivity index (χ3n) is 2.09. The summed E-state index contributed by atoms with van der Waals surface area (Å²) >= 11 is 0. The molecule has 0 aromatic carbocycles. The summed E-state index contributed by atoms with van der Waals surface area (Å²) in [6.45, 7) is 4.52. The summed E-state index contributed by atoms with van der Waals surface area (Å²) in [5.41, 5.74) is 0. The highest BCUT2D eigenvalue weighted by Gasteiger charge is 2.06. The first-order chi connectivity index (χ1) is 5.35. The van der Waals surface area contributed by atoms with Crippen molar-refractivity contribution in [2.75, 3.05) is 0 Å². The molecule has 0 unspecified atom stereocenters. The van der Waals surface area contributed by atoms with Gasteiger partial charge in [0.15, 0.2) is 9.04 Å².